The predicted molar refractivity (Wildman–Crippen MR) is 52.0 cm³/mol. The van der Waals surface area contributed by atoms with Crippen molar-refractivity contribution in [2.75, 3.05) is 13.3 Å². The molecule has 1 unspecified atom stereocenters. The minimum atomic E-state index is -3.66. The van der Waals surface area contributed by atoms with Crippen molar-refractivity contribution >= 4 is 15.9 Å². The first-order chi connectivity index (χ1) is 5.98. The van der Waals surface area contributed by atoms with Crippen LogP contribution in [0.15, 0.2) is 0 Å². The fourth-order valence-electron chi connectivity index (χ4n) is 0.693. The summed E-state index contributed by atoms with van der Waals surface area (Å²) in [5.41, 5.74) is -0.893. The average molecular weight is 225 g/mol. The molecule has 1 atom stereocenters. The van der Waals surface area contributed by atoms with Crippen LogP contribution in [0.5, 0.6) is 0 Å². The zero-order valence-corrected chi connectivity index (χ0v) is 9.85. The van der Waals surface area contributed by atoms with Crippen LogP contribution in [0.3, 0.4) is 0 Å². The van der Waals surface area contributed by atoms with E-state index in [2.05, 4.69) is 0 Å². The first-order valence-corrected chi connectivity index (χ1v) is 5.94. The highest BCUT2D eigenvalue weighted by Crippen LogP contribution is 2.24. The average Bonchev–Trinajstić information content (AvgIpc) is 1.97. The molecule has 0 fully saturated rings. The number of carbonyl (C=O) groups excluding carboxylic acids is 1. The summed E-state index contributed by atoms with van der Waals surface area (Å²) in [6.07, 6.45) is -0.956. The number of amides is 1. The maximum Gasteiger partial charge on any atom is 0.270 e. The Hall–Kier alpha value is -0.650. The van der Waals surface area contributed by atoms with Gasteiger partial charge in [-0.15, -0.1) is 0 Å². The van der Waals surface area contributed by atoms with Gasteiger partial charge in [0, 0.05) is 12.5 Å². The standard InChI is InChI=1S/C8H16FNO3S/c1-8(2,3)6(9)7(11)10(4)14(5,12)13/h6H,1-5H3. The van der Waals surface area contributed by atoms with Crippen LogP contribution in [0.1, 0.15) is 20.8 Å². The maximum atomic E-state index is 13.4. The van der Waals surface area contributed by atoms with Crippen LogP contribution in [-0.2, 0) is 14.8 Å². The van der Waals surface area contributed by atoms with Gasteiger partial charge in [-0.3, -0.25) is 4.79 Å². The highest BCUT2D eigenvalue weighted by atomic mass is 32.2. The Balaban J connectivity index is 4.83. The second-order valence-electron chi connectivity index (χ2n) is 4.30. The van der Waals surface area contributed by atoms with E-state index in [9.17, 15) is 17.6 Å². The van der Waals surface area contributed by atoms with Crippen molar-refractivity contribution in [1.82, 2.24) is 4.31 Å². The number of sulfonamides is 1. The van der Waals surface area contributed by atoms with Gasteiger partial charge in [0.1, 0.15) is 0 Å². The summed E-state index contributed by atoms with van der Waals surface area (Å²) in [7, 11) is -2.61. The first kappa shape index (κ1) is 13.4. The van der Waals surface area contributed by atoms with Gasteiger partial charge < -0.3 is 0 Å². The van der Waals surface area contributed by atoms with E-state index in [0.29, 0.717) is 4.31 Å². The molecule has 0 aromatic heterocycles. The Morgan fingerprint density at radius 3 is 1.93 bits per heavy atom. The number of halogens is 1. The molecule has 0 saturated heterocycles. The number of carbonyl (C=O) groups is 1. The van der Waals surface area contributed by atoms with Crippen molar-refractivity contribution in [1.29, 1.82) is 0 Å². The SMILES string of the molecule is CN(C(=O)C(F)C(C)(C)C)S(C)(=O)=O. The van der Waals surface area contributed by atoms with Gasteiger partial charge in [-0.2, -0.15) is 0 Å². The fraction of sp³-hybridized carbons (Fsp3) is 0.875. The molecular formula is C8H16FNO3S. The van der Waals surface area contributed by atoms with Crippen LogP contribution in [-0.4, -0.2) is 38.1 Å². The van der Waals surface area contributed by atoms with E-state index in [-0.39, 0.29) is 0 Å². The van der Waals surface area contributed by atoms with E-state index < -0.39 is 27.5 Å². The molecule has 0 spiro atoms. The summed E-state index contributed by atoms with van der Waals surface area (Å²) >= 11 is 0. The number of hydrogen-bond acceptors (Lipinski definition) is 3. The van der Waals surface area contributed by atoms with Crippen LogP contribution >= 0.6 is 0 Å². The highest BCUT2D eigenvalue weighted by Gasteiger charge is 2.35. The molecule has 0 aromatic carbocycles. The molecule has 0 rings (SSSR count). The normalized spacial score (nSPS) is 15.0. The van der Waals surface area contributed by atoms with Gasteiger partial charge in [0.05, 0.1) is 6.26 Å². The van der Waals surface area contributed by atoms with Crippen molar-refractivity contribution in [3.05, 3.63) is 0 Å². The van der Waals surface area contributed by atoms with E-state index >= 15 is 0 Å². The molecule has 0 heterocycles. The number of nitrogens with zero attached hydrogens (tertiary/aromatic N) is 1. The smallest absolute Gasteiger partial charge is 0.270 e. The summed E-state index contributed by atoms with van der Waals surface area (Å²) < 4.78 is 35.7. The minimum Gasteiger partial charge on any atom is -0.270 e. The van der Waals surface area contributed by atoms with Gasteiger partial charge >= 0.3 is 0 Å². The molecule has 0 saturated carbocycles. The Morgan fingerprint density at radius 1 is 1.36 bits per heavy atom. The first-order valence-electron chi connectivity index (χ1n) is 4.09. The van der Waals surface area contributed by atoms with Crippen LogP contribution in [0.25, 0.3) is 0 Å². The molecule has 0 aliphatic heterocycles. The lowest BCUT2D eigenvalue weighted by Gasteiger charge is -2.25. The highest BCUT2D eigenvalue weighted by molar-refractivity contribution is 7.88. The molecule has 14 heavy (non-hydrogen) atoms. The van der Waals surface area contributed by atoms with Crippen LogP contribution in [0.4, 0.5) is 4.39 Å². The molecule has 0 aromatic rings. The minimum absolute atomic E-state index is 0.433. The maximum absolute atomic E-state index is 13.4. The quantitative estimate of drug-likeness (QED) is 0.698. The third-order valence-corrected chi connectivity index (χ3v) is 2.96. The van der Waals surface area contributed by atoms with E-state index in [4.69, 9.17) is 0 Å². The topological polar surface area (TPSA) is 54.5 Å². The Morgan fingerprint density at radius 2 is 1.71 bits per heavy atom. The Bertz CT molecular complexity index is 318. The zero-order valence-electron chi connectivity index (χ0n) is 9.04. The van der Waals surface area contributed by atoms with E-state index in [0.717, 1.165) is 13.3 Å². The second-order valence-corrected chi connectivity index (χ2v) is 6.31. The summed E-state index contributed by atoms with van der Waals surface area (Å²) in [6, 6.07) is 0. The van der Waals surface area contributed by atoms with Gasteiger partial charge in [-0.05, 0) is 0 Å². The fourth-order valence-corrected chi connectivity index (χ4v) is 1.11. The molecule has 0 N–H and O–H groups in total. The monoisotopic (exact) mass is 225 g/mol. The van der Waals surface area contributed by atoms with Gasteiger partial charge in [-0.1, -0.05) is 20.8 Å². The second kappa shape index (κ2) is 3.84. The van der Waals surface area contributed by atoms with Gasteiger partial charge in [0.15, 0.2) is 6.17 Å². The lowest BCUT2D eigenvalue weighted by molar-refractivity contribution is -0.134. The molecule has 0 aliphatic rings. The predicted octanol–water partition coefficient (Wildman–Crippen LogP) is 0.789. The molecule has 1 amide bonds. The summed E-state index contributed by atoms with van der Waals surface area (Å²) in [6.45, 7) is 4.60. The van der Waals surface area contributed by atoms with Crippen molar-refractivity contribution in [3.63, 3.8) is 0 Å². The number of alkyl halides is 1. The third-order valence-electron chi connectivity index (χ3n) is 1.78. The summed E-state index contributed by atoms with van der Waals surface area (Å²) in [4.78, 5) is 11.3. The van der Waals surface area contributed by atoms with Crippen molar-refractivity contribution in [2.24, 2.45) is 5.41 Å². The number of hydrogen-bond donors (Lipinski definition) is 0. The molecule has 84 valence electrons. The third kappa shape index (κ3) is 3.25. The van der Waals surface area contributed by atoms with Crippen molar-refractivity contribution < 1.29 is 17.6 Å². The van der Waals surface area contributed by atoms with Crippen molar-refractivity contribution in [2.45, 2.75) is 26.9 Å². The Labute approximate surface area is 84.1 Å². The summed E-state index contributed by atoms with van der Waals surface area (Å²) in [5, 5.41) is 0. The van der Waals surface area contributed by atoms with E-state index in [1.807, 2.05) is 0 Å². The molecule has 0 aliphatic carbocycles. The van der Waals surface area contributed by atoms with Crippen LogP contribution in [0.2, 0.25) is 0 Å². The molecule has 6 heteroatoms. The van der Waals surface area contributed by atoms with Gasteiger partial charge in [0.2, 0.25) is 10.0 Å². The van der Waals surface area contributed by atoms with Gasteiger partial charge in [-0.25, -0.2) is 17.1 Å². The molecular weight excluding hydrogens is 209 g/mol. The van der Waals surface area contributed by atoms with Crippen LogP contribution < -0.4 is 0 Å². The van der Waals surface area contributed by atoms with Gasteiger partial charge in [0.25, 0.3) is 5.91 Å². The molecule has 4 nitrogen and oxygen atoms in total. The lowest BCUT2D eigenvalue weighted by atomic mass is 9.90. The number of rotatable bonds is 2. The van der Waals surface area contributed by atoms with Crippen LogP contribution in [0, 0.1) is 5.41 Å². The van der Waals surface area contributed by atoms with Crippen molar-refractivity contribution in [3.8, 4) is 0 Å². The summed E-state index contributed by atoms with van der Waals surface area (Å²) in [5.74, 6) is -1.03. The zero-order chi connectivity index (χ0) is 11.7. The van der Waals surface area contributed by atoms with E-state index in [1.165, 1.54) is 20.8 Å². The molecule has 0 bridgehead atoms. The van der Waals surface area contributed by atoms with E-state index in [1.54, 1.807) is 0 Å². The Kier molecular flexibility index (Phi) is 3.66. The lowest BCUT2D eigenvalue weighted by Crippen LogP contribution is -2.43. The molecule has 0 radical (unpaired) electrons. The largest absolute Gasteiger partial charge is 0.270 e.